The fourth-order valence-electron chi connectivity index (χ4n) is 3.06. The first kappa shape index (κ1) is 15.5. The number of aryl methyl sites for hydroxylation is 2. The van der Waals surface area contributed by atoms with Crippen molar-refractivity contribution in [1.29, 1.82) is 0 Å². The molecule has 2 rings (SSSR count). The van der Waals surface area contributed by atoms with Crippen molar-refractivity contribution in [3.63, 3.8) is 0 Å². The standard InChI is InChI=1S/C17H28N2O/c1-5-18-17(15-8-7-13(3)11-14(15)4)16-12-19(6-2)9-10-20-16/h7-8,11,16-18H,5-6,9-10,12H2,1-4H3. The lowest BCUT2D eigenvalue weighted by molar-refractivity contribution is -0.0454. The minimum absolute atomic E-state index is 0.241. The molecule has 1 aromatic carbocycles. The molecule has 0 aliphatic carbocycles. The Morgan fingerprint density at radius 1 is 1.35 bits per heavy atom. The number of likely N-dealkylation sites (N-methyl/N-ethyl adjacent to an activating group) is 2. The second-order valence-electron chi connectivity index (χ2n) is 5.70. The van der Waals surface area contributed by atoms with E-state index < -0.39 is 0 Å². The molecule has 1 heterocycles. The first-order valence-corrected chi connectivity index (χ1v) is 7.80. The van der Waals surface area contributed by atoms with Gasteiger partial charge in [-0.1, -0.05) is 37.6 Å². The van der Waals surface area contributed by atoms with Crippen molar-refractivity contribution >= 4 is 0 Å². The Bertz CT molecular complexity index is 433. The highest BCUT2D eigenvalue weighted by Gasteiger charge is 2.29. The highest BCUT2D eigenvalue weighted by molar-refractivity contribution is 5.33. The summed E-state index contributed by atoms with van der Waals surface area (Å²) in [6.45, 7) is 13.7. The third-order valence-corrected chi connectivity index (χ3v) is 4.18. The molecule has 0 saturated carbocycles. The van der Waals surface area contributed by atoms with Crippen molar-refractivity contribution in [1.82, 2.24) is 10.2 Å². The first-order valence-electron chi connectivity index (χ1n) is 7.80. The van der Waals surface area contributed by atoms with Crippen molar-refractivity contribution in [2.75, 3.05) is 32.8 Å². The van der Waals surface area contributed by atoms with Crippen molar-refractivity contribution in [3.8, 4) is 0 Å². The summed E-state index contributed by atoms with van der Waals surface area (Å²) >= 11 is 0. The predicted molar refractivity (Wildman–Crippen MR) is 84.2 cm³/mol. The van der Waals surface area contributed by atoms with Crippen LogP contribution in [0.2, 0.25) is 0 Å². The first-order chi connectivity index (χ1) is 9.65. The zero-order valence-corrected chi connectivity index (χ0v) is 13.3. The second-order valence-corrected chi connectivity index (χ2v) is 5.70. The molecule has 0 radical (unpaired) electrons. The number of hydrogen-bond acceptors (Lipinski definition) is 3. The van der Waals surface area contributed by atoms with Crippen molar-refractivity contribution in [3.05, 3.63) is 34.9 Å². The zero-order chi connectivity index (χ0) is 14.5. The van der Waals surface area contributed by atoms with Crippen LogP contribution in [0.5, 0.6) is 0 Å². The van der Waals surface area contributed by atoms with Crippen LogP contribution in [0.3, 0.4) is 0 Å². The lowest BCUT2D eigenvalue weighted by Gasteiger charge is -2.37. The van der Waals surface area contributed by atoms with Crippen LogP contribution in [-0.2, 0) is 4.74 Å². The third kappa shape index (κ3) is 3.60. The van der Waals surface area contributed by atoms with Crippen LogP contribution < -0.4 is 5.32 Å². The predicted octanol–water partition coefficient (Wildman–Crippen LogP) is 2.67. The Morgan fingerprint density at radius 3 is 2.80 bits per heavy atom. The topological polar surface area (TPSA) is 24.5 Å². The summed E-state index contributed by atoms with van der Waals surface area (Å²) in [6.07, 6.45) is 0.241. The van der Waals surface area contributed by atoms with Gasteiger partial charge < -0.3 is 10.1 Å². The van der Waals surface area contributed by atoms with E-state index in [0.29, 0.717) is 0 Å². The van der Waals surface area contributed by atoms with Crippen LogP contribution in [0.1, 0.15) is 36.6 Å². The number of nitrogens with one attached hydrogen (secondary N) is 1. The maximum absolute atomic E-state index is 6.06. The highest BCUT2D eigenvalue weighted by atomic mass is 16.5. The summed E-state index contributed by atoms with van der Waals surface area (Å²) < 4.78 is 6.06. The van der Waals surface area contributed by atoms with Crippen LogP contribution in [0.4, 0.5) is 0 Å². The van der Waals surface area contributed by atoms with Gasteiger partial charge in [-0.25, -0.2) is 0 Å². The number of nitrogens with zero attached hydrogens (tertiary/aromatic N) is 1. The Balaban J connectivity index is 2.21. The minimum Gasteiger partial charge on any atom is -0.374 e. The van der Waals surface area contributed by atoms with Crippen LogP contribution in [-0.4, -0.2) is 43.8 Å². The van der Waals surface area contributed by atoms with E-state index in [4.69, 9.17) is 4.74 Å². The van der Waals surface area contributed by atoms with Gasteiger partial charge in [-0.05, 0) is 38.1 Å². The molecule has 1 aliphatic heterocycles. The Kier molecular flexibility index (Phi) is 5.58. The Hall–Kier alpha value is -0.900. The summed E-state index contributed by atoms with van der Waals surface area (Å²) in [5.41, 5.74) is 4.05. The zero-order valence-electron chi connectivity index (χ0n) is 13.3. The fraction of sp³-hybridized carbons (Fsp3) is 0.647. The quantitative estimate of drug-likeness (QED) is 0.895. The van der Waals surface area contributed by atoms with E-state index in [2.05, 4.69) is 56.1 Å². The van der Waals surface area contributed by atoms with Gasteiger partial charge in [0.2, 0.25) is 0 Å². The monoisotopic (exact) mass is 276 g/mol. The summed E-state index contributed by atoms with van der Waals surface area (Å²) in [5.74, 6) is 0. The third-order valence-electron chi connectivity index (χ3n) is 4.18. The number of morpholine rings is 1. The fourth-order valence-corrected chi connectivity index (χ4v) is 3.06. The molecule has 0 bridgehead atoms. The van der Waals surface area contributed by atoms with Crippen LogP contribution in [0.25, 0.3) is 0 Å². The van der Waals surface area contributed by atoms with E-state index in [-0.39, 0.29) is 12.1 Å². The molecule has 2 atom stereocenters. The molecule has 1 aliphatic rings. The maximum Gasteiger partial charge on any atom is 0.0897 e. The Morgan fingerprint density at radius 2 is 2.15 bits per heavy atom. The van der Waals surface area contributed by atoms with Crippen molar-refractivity contribution < 1.29 is 4.74 Å². The van der Waals surface area contributed by atoms with E-state index in [1.165, 1.54) is 16.7 Å². The molecule has 2 unspecified atom stereocenters. The van der Waals surface area contributed by atoms with Crippen LogP contribution in [0.15, 0.2) is 18.2 Å². The van der Waals surface area contributed by atoms with E-state index in [0.717, 1.165) is 32.8 Å². The largest absolute Gasteiger partial charge is 0.374 e. The van der Waals surface area contributed by atoms with Gasteiger partial charge in [-0.2, -0.15) is 0 Å². The van der Waals surface area contributed by atoms with Crippen LogP contribution in [0, 0.1) is 13.8 Å². The van der Waals surface area contributed by atoms with Crippen molar-refractivity contribution in [2.45, 2.75) is 39.8 Å². The number of rotatable bonds is 5. The number of benzene rings is 1. The molecule has 0 amide bonds. The number of hydrogen-bond donors (Lipinski definition) is 1. The molecular weight excluding hydrogens is 248 g/mol. The van der Waals surface area contributed by atoms with Gasteiger partial charge >= 0.3 is 0 Å². The lowest BCUT2D eigenvalue weighted by atomic mass is 9.94. The van der Waals surface area contributed by atoms with E-state index in [9.17, 15) is 0 Å². The number of ether oxygens (including phenoxy) is 1. The van der Waals surface area contributed by atoms with E-state index >= 15 is 0 Å². The molecule has 0 aromatic heterocycles. The van der Waals surface area contributed by atoms with E-state index in [1.807, 2.05) is 0 Å². The molecule has 3 nitrogen and oxygen atoms in total. The normalized spacial score (nSPS) is 21.9. The van der Waals surface area contributed by atoms with Crippen LogP contribution >= 0.6 is 0 Å². The van der Waals surface area contributed by atoms with Gasteiger partial charge in [0, 0.05) is 13.1 Å². The lowest BCUT2D eigenvalue weighted by Crippen LogP contribution is -2.48. The molecular formula is C17H28N2O. The molecule has 1 saturated heterocycles. The summed E-state index contributed by atoms with van der Waals surface area (Å²) in [6, 6.07) is 7.01. The van der Waals surface area contributed by atoms with Gasteiger partial charge in [-0.15, -0.1) is 0 Å². The average Bonchev–Trinajstić information content (AvgIpc) is 2.45. The molecule has 1 fully saturated rings. The average molecular weight is 276 g/mol. The van der Waals surface area contributed by atoms with Gasteiger partial charge in [0.05, 0.1) is 18.8 Å². The van der Waals surface area contributed by atoms with Gasteiger partial charge in [0.25, 0.3) is 0 Å². The summed E-state index contributed by atoms with van der Waals surface area (Å²) in [5, 5.41) is 3.62. The second kappa shape index (κ2) is 7.21. The molecule has 1 N–H and O–H groups in total. The van der Waals surface area contributed by atoms with E-state index in [1.54, 1.807) is 0 Å². The minimum atomic E-state index is 0.241. The molecule has 20 heavy (non-hydrogen) atoms. The van der Waals surface area contributed by atoms with Gasteiger partial charge in [-0.3, -0.25) is 4.90 Å². The maximum atomic E-state index is 6.06. The van der Waals surface area contributed by atoms with Gasteiger partial charge in [0.15, 0.2) is 0 Å². The van der Waals surface area contributed by atoms with Crippen molar-refractivity contribution in [2.24, 2.45) is 0 Å². The molecule has 3 heteroatoms. The smallest absolute Gasteiger partial charge is 0.0897 e. The molecule has 0 spiro atoms. The Labute approximate surface area is 123 Å². The molecule has 1 aromatic rings. The van der Waals surface area contributed by atoms with Gasteiger partial charge in [0.1, 0.15) is 0 Å². The highest BCUT2D eigenvalue weighted by Crippen LogP contribution is 2.25. The summed E-state index contributed by atoms with van der Waals surface area (Å²) in [7, 11) is 0. The SMILES string of the molecule is CCNC(c1ccc(C)cc1C)C1CN(CC)CCO1. The molecule has 112 valence electrons. The summed E-state index contributed by atoms with van der Waals surface area (Å²) in [4.78, 5) is 2.47.